The first-order valence-electron chi connectivity index (χ1n) is 9.74. The summed E-state index contributed by atoms with van der Waals surface area (Å²) in [6, 6.07) is 26.3. The van der Waals surface area contributed by atoms with Gasteiger partial charge in [-0.3, -0.25) is 4.98 Å². The minimum atomic E-state index is 0.559. The number of nitrogens with one attached hydrogen (secondary N) is 1. The van der Waals surface area contributed by atoms with E-state index in [1.165, 1.54) is 0 Å². The van der Waals surface area contributed by atoms with Crippen LogP contribution in [0.1, 0.15) is 11.1 Å². The molecule has 0 aliphatic carbocycles. The van der Waals surface area contributed by atoms with Crippen molar-refractivity contribution in [2.75, 3.05) is 0 Å². The van der Waals surface area contributed by atoms with Gasteiger partial charge in [0.05, 0.1) is 22.6 Å². The average molecular weight is 386 g/mol. The Morgan fingerprint density at radius 2 is 1.70 bits per heavy atom. The summed E-state index contributed by atoms with van der Waals surface area (Å²) in [7, 11) is 0. The van der Waals surface area contributed by atoms with Gasteiger partial charge in [-0.25, -0.2) is 4.98 Å². The van der Waals surface area contributed by atoms with Crippen LogP contribution in [0.5, 0.6) is 0 Å². The molecular formula is C26H18N4. The van der Waals surface area contributed by atoms with Crippen LogP contribution in [0.3, 0.4) is 0 Å². The third-order valence-corrected chi connectivity index (χ3v) is 5.24. The number of fused-ring (bicyclic) bond motifs is 1. The first-order valence-corrected chi connectivity index (χ1v) is 9.74. The zero-order chi connectivity index (χ0) is 20.5. The summed E-state index contributed by atoms with van der Waals surface area (Å²) in [6.45, 7) is 2.06. The normalized spacial score (nSPS) is 10.8. The van der Waals surface area contributed by atoms with E-state index in [1.54, 1.807) is 6.20 Å². The summed E-state index contributed by atoms with van der Waals surface area (Å²) in [4.78, 5) is 12.7. The number of nitriles is 1. The number of aromatic nitrogens is 3. The molecule has 0 saturated heterocycles. The Kier molecular flexibility index (Phi) is 4.34. The molecule has 3 aromatic heterocycles. The number of hydrogen-bond donors (Lipinski definition) is 1. The molecule has 0 atom stereocenters. The molecule has 4 nitrogen and oxygen atoms in total. The van der Waals surface area contributed by atoms with Crippen molar-refractivity contribution in [2.24, 2.45) is 0 Å². The molecule has 0 aliphatic rings. The molecule has 5 aromatic rings. The number of aryl methyl sites for hydroxylation is 1. The van der Waals surface area contributed by atoms with E-state index in [-0.39, 0.29) is 0 Å². The fourth-order valence-electron chi connectivity index (χ4n) is 3.77. The molecule has 0 bridgehead atoms. The van der Waals surface area contributed by atoms with Gasteiger partial charge in [0.15, 0.2) is 0 Å². The molecule has 30 heavy (non-hydrogen) atoms. The molecule has 0 spiro atoms. The van der Waals surface area contributed by atoms with Gasteiger partial charge >= 0.3 is 0 Å². The van der Waals surface area contributed by atoms with E-state index in [1.807, 2.05) is 60.8 Å². The monoisotopic (exact) mass is 386 g/mol. The van der Waals surface area contributed by atoms with Crippen LogP contribution < -0.4 is 0 Å². The maximum absolute atomic E-state index is 10.1. The van der Waals surface area contributed by atoms with Crippen molar-refractivity contribution in [3.8, 4) is 39.8 Å². The number of pyridine rings is 2. The smallest absolute Gasteiger partial charge is 0.102 e. The van der Waals surface area contributed by atoms with Gasteiger partial charge in [0.2, 0.25) is 0 Å². The van der Waals surface area contributed by atoms with Crippen LogP contribution in [0.25, 0.3) is 44.7 Å². The molecule has 2 aromatic carbocycles. The van der Waals surface area contributed by atoms with E-state index in [4.69, 9.17) is 4.98 Å². The number of rotatable bonds is 3. The number of H-pyrrole nitrogens is 1. The number of aromatic amines is 1. The summed E-state index contributed by atoms with van der Waals surface area (Å²) in [5, 5.41) is 11.2. The van der Waals surface area contributed by atoms with Gasteiger partial charge < -0.3 is 4.98 Å². The van der Waals surface area contributed by atoms with Gasteiger partial charge in [-0.05, 0) is 42.8 Å². The first kappa shape index (κ1) is 17.8. The maximum Gasteiger partial charge on any atom is 0.102 e. The van der Waals surface area contributed by atoms with Crippen molar-refractivity contribution in [3.05, 3.63) is 96.3 Å². The average Bonchev–Trinajstić information content (AvgIpc) is 3.22. The highest BCUT2D eigenvalue weighted by Gasteiger charge is 2.19. The minimum Gasteiger partial charge on any atom is -0.360 e. The van der Waals surface area contributed by atoms with Gasteiger partial charge in [-0.15, -0.1) is 0 Å². The number of benzene rings is 2. The van der Waals surface area contributed by atoms with Crippen LogP contribution in [-0.4, -0.2) is 15.0 Å². The zero-order valence-electron chi connectivity index (χ0n) is 16.4. The fourth-order valence-corrected chi connectivity index (χ4v) is 3.77. The minimum absolute atomic E-state index is 0.559. The lowest BCUT2D eigenvalue weighted by Crippen LogP contribution is -1.97. The van der Waals surface area contributed by atoms with Gasteiger partial charge in [0.1, 0.15) is 6.07 Å². The van der Waals surface area contributed by atoms with Crippen LogP contribution in [0, 0.1) is 18.3 Å². The van der Waals surface area contributed by atoms with Crippen LogP contribution in [0.15, 0.2) is 85.2 Å². The van der Waals surface area contributed by atoms with E-state index in [9.17, 15) is 5.26 Å². The van der Waals surface area contributed by atoms with Gasteiger partial charge in [0.25, 0.3) is 0 Å². The summed E-state index contributed by atoms with van der Waals surface area (Å²) >= 11 is 0. The largest absolute Gasteiger partial charge is 0.360 e. The Morgan fingerprint density at radius 1 is 0.867 bits per heavy atom. The lowest BCUT2D eigenvalue weighted by Gasteiger charge is -2.12. The summed E-state index contributed by atoms with van der Waals surface area (Å²) in [5.74, 6) is 0. The van der Waals surface area contributed by atoms with E-state index in [0.717, 1.165) is 44.5 Å². The Labute approximate surface area is 174 Å². The molecule has 3 heterocycles. The molecule has 0 fully saturated rings. The third-order valence-electron chi connectivity index (χ3n) is 5.24. The Balaban J connectivity index is 1.85. The lowest BCUT2D eigenvalue weighted by molar-refractivity contribution is 1.24. The second-order valence-electron chi connectivity index (χ2n) is 7.22. The Hall–Kier alpha value is -4.23. The molecular weight excluding hydrogens is 368 g/mol. The molecule has 0 amide bonds. The Morgan fingerprint density at radius 3 is 2.47 bits per heavy atom. The highest BCUT2D eigenvalue weighted by Crippen LogP contribution is 2.37. The second-order valence-corrected chi connectivity index (χ2v) is 7.22. The number of hydrogen-bond acceptors (Lipinski definition) is 3. The molecule has 142 valence electrons. The molecule has 1 N–H and O–H groups in total. The molecule has 0 unspecified atom stereocenters. The third kappa shape index (κ3) is 3.03. The van der Waals surface area contributed by atoms with Crippen LogP contribution in [0.2, 0.25) is 0 Å². The topological polar surface area (TPSA) is 65.4 Å². The standard InChI is InChI=1S/C26H18N4/c1-17-10-11-23-20(13-17)22(16-29-23)26-21(15-27)19(18-7-3-2-4-8-18)14-25(30-26)24-9-5-6-12-28-24/h2-14,16,29H,1H3. The molecule has 0 saturated carbocycles. The van der Waals surface area contributed by atoms with Crippen LogP contribution >= 0.6 is 0 Å². The Bertz CT molecular complexity index is 1390. The van der Waals surface area contributed by atoms with E-state index in [2.05, 4.69) is 41.2 Å². The molecule has 5 rings (SSSR count). The fraction of sp³-hybridized carbons (Fsp3) is 0.0385. The summed E-state index contributed by atoms with van der Waals surface area (Å²) in [5.41, 5.74) is 7.66. The predicted octanol–water partition coefficient (Wildman–Crippen LogP) is 6.14. The highest BCUT2D eigenvalue weighted by atomic mass is 14.8. The van der Waals surface area contributed by atoms with E-state index >= 15 is 0 Å². The van der Waals surface area contributed by atoms with Gasteiger partial charge in [-0.1, -0.05) is 48.0 Å². The predicted molar refractivity (Wildman–Crippen MR) is 120 cm³/mol. The highest BCUT2D eigenvalue weighted by molar-refractivity contribution is 5.98. The van der Waals surface area contributed by atoms with E-state index < -0.39 is 0 Å². The first-order chi connectivity index (χ1) is 14.7. The van der Waals surface area contributed by atoms with Crippen molar-refractivity contribution in [2.45, 2.75) is 6.92 Å². The van der Waals surface area contributed by atoms with Crippen molar-refractivity contribution in [1.82, 2.24) is 15.0 Å². The zero-order valence-corrected chi connectivity index (χ0v) is 16.4. The van der Waals surface area contributed by atoms with Crippen molar-refractivity contribution in [1.29, 1.82) is 5.26 Å². The van der Waals surface area contributed by atoms with Crippen LogP contribution in [-0.2, 0) is 0 Å². The van der Waals surface area contributed by atoms with E-state index in [0.29, 0.717) is 11.3 Å². The maximum atomic E-state index is 10.1. The van der Waals surface area contributed by atoms with Crippen molar-refractivity contribution < 1.29 is 0 Å². The lowest BCUT2D eigenvalue weighted by atomic mass is 9.94. The molecule has 4 heteroatoms. The number of nitrogens with zero attached hydrogens (tertiary/aromatic N) is 3. The van der Waals surface area contributed by atoms with Gasteiger partial charge in [-0.2, -0.15) is 5.26 Å². The summed E-state index contributed by atoms with van der Waals surface area (Å²) in [6.07, 6.45) is 3.69. The second kappa shape index (κ2) is 7.31. The molecule has 0 radical (unpaired) electrons. The summed E-state index contributed by atoms with van der Waals surface area (Å²) < 4.78 is 0. The SMILES string of the molecule is Cc1ccc2[nH]cc(-c3nc(-c4ccccn4)cc(-c4ccccc4)c3C#N)c2c1. The van der Waals surface area contributed by atoms with Crippen molar-refractivity contribution in [3.63, 3.8) is 0 Å². The van der Waals surface area contributed by atoms with Crippen molar-refractivity contribution >= 4 is 10.9 Å². The van der Waals surface area contributed by atoms with Gasteiger partial charge in [0, 0.05) is 34.4 Å². The quantitative estimate of drug-likeness (QED) is 0.405. The molecule has 0 aliphatic heterocycles. The van der Waals surface area contributed by atoms with Crippen LogP contribution in [0.4, 0.5) is 0 Å².